The molecule has 0 fully saturated rings. The van der Waals surface area contributed by atoms with Crippen LogP contribution in [0.25, 0.3) is 0 Å². The first-order valence-electron chi connectivity index (χ1n) is 5.86. The molecule has 0 aliphatic heterocycles. The molecule has 1 unspecified atom stereocenters. The lowest BCUT2D eigenvalue weighted by atomic mass is 10.1. The summed E-state index contributed by atoms with van der Waals surface area (Å²) in [5.41, 5.74) is 0. The number of ketones is 1. The van der Waals surface area contributed by atoms with Gasteiger partial charge in [0.1, 0.15) is 5.78 Å². The fourth-order valence-corrected chi connectivity index (χ4v) is 2.51. The van der Waals surface area contributed by atoms with E-state index in [4.69, 9.17) is 0 Å². The van der Waals surface area contributed by atoms with Gasteiger partial charge in [0.25, 0.3) is 0 Å². The molecule has 0 heterocycles. The third-order valence-corrected chi connectivity index (χ3v) is 3.53. The predicted octanol–water partition coefficient (Wildman–Crippen LogP) is 2.82. The van der Waals surface area contributed by atoms with Crippen LogP contribution in [0.5, 0.6) is 0 Å². The Kier molecular flexibility index (Phi) is 9.21. The number of Topliss-reactive ketones (excluding diaryl/α,β-unsaturated/α-hetero) is 1. The maximum absolute atomic E-state index is 11.1. The number of hydrogen-bond acceptors (Lipinski definition) is 3. The van der Waals surface area contributed by atoms with Gasteiger partial charge in [-0.2, -0.15) is 11.8 Å². The van der Waals surface area contributed by atoms with Crippen molar-refractivity contribution >= 4 is 17.5 Å². The van der Waals surface area contributed by atoms with Crippen LogP contribution in [-0.2, 0) is 4.79 Å². The second kappa shape index (κ2) is 9.22. The van der Waals surface area contributed by atoms with Crippen LogP contribution in [0, 0.1) is 0 Å². The highest BCUT2D eigenvalue weighted by molar-refractivity contribution is 7.98. The molecule has 0 aromatic carbocycles. The fraction of sp³-hybridized carbons (Fsp3) is 0.917. The number of nitrogens with zero attached hydrogens (tertiary/aromatic N) is 1. The minimum absolute atomic E-state index is 0.390. The van der Waals surface area contributed by atoms with Crippen molar-refractivity contribution in [1.29, 1.82) is 0 Å². The van der Waals surface area contributed by atoms with Gasteiger partial charge in [-0.25, -0.2) is 0 Å². The molecule has 0 saturated carbocycles. The van der Waals surface area contributed by atoms with E-state index in [0.29, 0.717) is 18.2 Å². The van der Waals surface area contributed by atoms with Crippen molar-refractivity contribution < 1.29 is 4.79 Å². The number of thioether (sulfide) groups is 1. The Balaban J connectivity index is 3.70. The normalized spacial score (nSPS) is 13.1. The van der Waals surface area contributed by atoms with Crippen molar-refractivity contribution in [3.63, 3.8) is 0 Å². The van der Waals surface area contributed by atoms with Gasteiger partial charge in [0.15, 0.2) is 0 Å². The molecule has 0 aliphatic carbocycles. The van der Waals surface area contributed by atoms with Gasteiger partial charge >= 0.3 is 0 Å². The van der Waals surface area contributed by atoms with Crippen LogP contribution in [0.4, 0.5) is 0 Å². The number of carbonyl (C=O) groups is 1. The first-order valence-corrected chi connectivity index (χ1v) is 7.25. The van der Waals surface area contributed by atoms with Gasteiger partial charge in [-0.1, -0.05) is 13.8 Å². The van der Waals surface area contributed by atoms with Gasteiger partial charge in [-0.3, -0.25) is 4.79 Å². The van der Waals surface area contributed by atoms with Crippen molar-refractivity contribution in [2.45, 2.75) is 45.6 Å². The van der Waals surface area contributed by atoms with Crippen LogP contribution < -0.4 is 0 Å². The van der Waals surface area contributed by atoms with E-state index in [1.165, 1.54) is 12.2 Å². The average molecular weight is 231 g/mol. The zero-order chi connectivity index (χ0) is 11.7. The molecule has 0 amide bonds. The van der Waals surface area contributed by atoms with Crippen molar-refractivity contribution in [1.82, 2.24) is 4.90 Å². The van der Waals surface area contributed by atoms with Gasteiger partial charge in [0.2, 0.25) is 0 Å². The Morgan fingerprint density at radius 1 is 1.40 bits per heavy atom. The van der Waals surface area contributed by atoms with Crippen LogP contribution >= 0.6 is 11.8 Å². The highest BCUT2D eigenvalue weighted by Gasteiger charge is 2.11. The molecule has 2 nitrogen and oxygen atoms in total. The van der Waals surface area contributed by atoms with Crippen LogP contribution in [0.1, 0.15) is 39.5 Å². The van der Waals surface area contributed by atoms with Gasteiger partial charge in [-0.15, -0.1) is 0 Å². The molecule has 15 heavy (non-hydrogen) atoms. The zero-order valence-electron chi connectivity index (χ0n) is 10.6. The van der Waals surface area contributed by atoms with Crippen molar-refractivity contribution in [2.75, 3.05) is 25.6 Å². The molecule has 0 N–H and O–H groups in total. The van der Waals surface area contributed by atoms with Crippen molar-refractivity contribution in [2.24, 2.45) is 0 Å². The Hall–Kier alpha value is -0.0200. The average Bonchev–Trinajstić information content (AvgIpc) is 2.25. The first kappa shape index (κ1) is 15.0. The first-order chi connectivity index (χ1) is 7.15. The summed E-state index contributed by atoms with van der Waals surface area (Å²) < 4.78 is 0. The molecular formula is C12H25NOS. The van der Waals surface area contributed by atoms with E-state index in [1.54, 1.807) is 0 Å². The summed E-state index contributed by atoms with van der Waals surface area (Å²) in [4.78, 5) is 13.5. The SMILES string of the molecule is CCC(=O)CCCN(C)C(CC)CSC. The summed E-state index contributed by atoms with van der Waals surface area (Å²) in [6.07, 6.45) is 5.78. The van der Waals surface area contributed by atoms with Gasteiger partial charge in [0, 0.05) is 24.6 Å². The molecule has 0 aromatic rings. The van der Waals surface area contributed by atoms with E-state index in [1.807, 2.05) is 18.7 Å². The second-order valence-electron chi connectivity index (χ2n) is 3.99. The van der Waals surface area contributed by atoms with E-state index < -0.39 is 0 Å². The van der Waals surface area contributed by atoms with E-state index in [-0.39, 0.29) is 0 Å². The lowest BCUT2D eigenvalue weighted by Gasteiger charge is -2.26. The lowest BCUT2D eigenvalue weighted by molar-refractivity contribution is -0.118. The molecule has 0 bridgehead atoms. The van der Waals surface area contributed by atoms with Gasteiger partial charge in [-0.05, 0) is 32.7 Å². The van der Waals surface area contributed by atoms with Crippen LogP contribution in [0.15, 0.2) is 0 Å². The number of carbonyl (C=O) groups excluding carboxylic acids is 1. The van der Waals surface area contributed by atoms with Crippen molar-refractivity contribution in [3.05, 3.63) is 0 Å². The predicted molar refractivity (Wildman–Crippen MR) is 69.6 cm³/mol. The van der Waals surface area contributed by atoms with E-state index in [2.05, 4.69) is 25.1 Å². The maximum atomic E-state index is 11.1. The summed E-state index contributed by atoms with van der Waals surface area (Å²) in [7, 11) is 2.17. The third-order valence-electron chi connectivity index (χ3n) is 2.81. The third kappa shape index (κ3) is 6.96. The minimum Gasteiger partial charge on any atom is -0.303 e. The quantitative estimate of drug-likeness (QED) is 0.608. The standard InChI is InChI=1S/C12H25NOS/c1-5-11(10-15-4)13(3)9-7-8-12(14)6-2/h11H,5-10H2,1-4H3. The number of hydrogen-bond donors (Lipinski definition) is 0. The van der Waals surface area contributed by atoms with E-state index in [9.17, 15) is 4.79 Å². The summed E-state index contributed by atoms with van der Waals surface area (Å²) in [6.45, 7) is 5.22. The van der Waals surface area contributed by atoms with Crippen LogP contribution in [-0.4, -0.2) is 42.3 Å². The molecule has 1 atom stereocenters. The van der Waals surface area contributed by atoms with E-state index >= 15 is 0 Å². The van der Waals surface area contributed by atoms with Crippen LogP contribution in [0.2, 0.25) is 0 Å². The van der Waals surface area contributed by atoms with Crippen LogP contribution in [0.3, 0.4) is 0 Å². The lowest BCUT2D eigenvalue weighted by Crippen LogP contribution is -2.34. The van der Waals surface area contributed by atoms with E-state index in [0.717, 1.165) is 19.4 Å². The summed E-state index contributed by atoms with van der Waals surface area (Å²) in [6, 6.07) is 0.664. The highest BCUT2D eigenvalue weighted by atomic mass is 32.2. The Labute approximate surface area is 98.8 Å². The minimum atomic E-state index is 0.390. The summed E-state index contributed by atoms with van der Waals surface area (Å²) in [5.74, 6) is 1.58. The molecular weight excluding hydrogens is 206 g/mol. The monoisotopic (exact) mass is 231 g/mol. The molecule has 0 spiro atoms. The maximum Gasteiger partial charge on any atom is 0.132 e. The molecule has 0 aromatic heterocycles. The molecule has 0 saturated heterocycles. The fourth-order valence-electron chi connectivity index (χ4n) is 1.63. The Bertz CT molecular complexity index is 173. The van der Waals surface area contributed by atoms with Gasteiger partial charge < -0.3 is 4.90 Å². The molecule has 90 valence electrons. The zero-order valence-corrected chi connectivity index (χ0v) is 11.4. The molecule has 3 heteroatoms. The Morgan fingerprint density at radius 3 is 2.53 bits per heavy atom. The smallest absolute Gasteiger partial charge is 0.132 e. The highest BCUT2D eigenvalue weighted by Crippen LogP contribution is 2.09. The number of rotatable bonds is 9. The topological polar surface area (TPSA) is 20.3 Å². The molecule has 0 rings (SSSR count). The van der Waals surface area contributed by atoms with Crippen molar-refractivity contribution in [3.8, 4) is 0 Å². The summed E-state index contributed by atoms with van der Waals surface area (Å²) in [5, 5.41) is 0. The molecule has 0 aliphatic rings. The van der Waals surface area contributed by atoms with Gasteiger partial charge in [0.05, 0.1) is 0 Å². The summed E-state index contributed by atoms with van der Waals surface area (Å²) >= 11 is 1.90. The largest absolute Gasteiger partial charge is 0.303 e. The second-order valence-corrected chi connectivity index (χ2v) is 4.90. The Morgan fingerprint density at radius 2 is 2.07 bits per heavy atom. The molecule has 0 radical (unpaired) electrons.